The first-order valence-electron chi connectivity index (χ1n) is 8.91. The van der Waals surface area contributed by atoms with Crippen molar-refractivity contribution in [3.63, 3.8) is 0 Å². The molecule has 7 nitrogen and oxygen atoms in total. The minimum atomic E-state index is -0.325. The number of fused-ring (bicyclic) bond motifs is 1. The molecule has 0 aliphatic heterocycles. The molecule has 0 fully saturated rings. The number of pyridine rings is 1. The van der Waals surface area contributed by atoms with E-state index in [9.17, 15) is 4.79 Å². The zero-order chi connectivity index (χ0) is 18.6. The van der Waals surface area contributed by atoms with Gasteiger partial charge in [0, 0.05) is 30.7 Å². The lowest BCUT2D eigenvalue weighted by molar-refractivity contribution is -0.124. The van der Waals surface area contributed by atoms with E-state index in [0.717, 1.165) is 22.4 Å². The van der Waals surface area contributed by atoms with E-state index in [2.05, 4.69) is 20.4 Å². The Balaban J connectivity index is 1.58. The maximum atomic E-state index is 12.6. The molecule has 0 radical (unpaired) electrons. The second-order valence-electron chi connectivity index (χ2n) is 6.22. The van der Waals surface area contributed by atoms with Gasteiger partial charge in [-0.05, 0) is 30.7 Å². The van der Waals surface area contributed by atoms with Crippen LogP contribution < -0.4 is 5.32 Å². The minimum Gasteiger partial charge on any atom is -0.350 e. The maximum Gasteiger partial charge on any atom is 0.245 e. The van der Waals surface area contributed by atoms with Gasteiger partial charge in [0.2, 0.25) is 5.91 Å². The SMILES string of the molecule is CC[C@@H](C(=O)NCc1cccnc1-n1cnc2ccccc21)n1cccn1. The van der Waals surface area contributed by atoms with Gasteiger partial charge in [-0.25, -0.2) is 9.97 Å². The quantitative estimate of drug-likeness (QED) is 0.573. The third kappa shape index (κ3) is 3.31. The molecule has 136 valence electrons. The van der Waals surface area contributed by atoms with E-state index in [4.69, 9.17) is 0 Å². The normalized spacial score (nSPS) is 12.2. The number of amides is 1. The fourth-order valence-corrected chi connectivity index (χ4v) is 3.17. The van der Waals surface area contributed by atoms with Crippen molar-refractivity contribution < 1.29 is 4.79 Å². The first-order valence-corrected chi connectivity index (χ1v) is 8.91. The highest BCUT2D eigenvalue weighted by Gasteiger charge is 2.19. The highest BCUT2D eigenvalue weighted by Crippen LogP contribution is 2.19. The number of aromatic nitrogens is 5. The highest BCUT2D eigenvalue weighted by atomic mass is 16.2. The summed E-state index contributed by atoms with van der Waals surface area (Å²) < 4.78 is 3.63. The molecule has 0 unspecified atom stereocenters. The molecule has 27 heavy (non-hydrogen) atoms. The molecule has 1 N–H and O–H groups in total. The van der Waals surface area contributed by atoms with Gasteiger partial charge in [-0.1, -0.05) is 25.1 Å². The van der Waals surface area contributed by atoms with Crippen LogP contribution in [-0.4, -0.2) is 30.2 Å². The summed E-state index contributed by atoms with van der Waals surface area (Å²) in [6.45, 7) is 2.35. The number of hydrogen-bond donors (Lipinski definition) is 1. The molecule has 0 aliphatic carbocycles. The van der Waals surface area contributed by atoms with Crippen LogP contribution in [0, 0.1) is 0 Å². The van der Waals surface area contributed by atoms with E-state index >= 15 is 0 Å². The van der Waals surface area contributed by atoms with Gasteiger partial charge >= 0.3 is 0 Å². The van der Waals surface area contributed by atoms with Gasteiger partial charge in [-0.15, -0.1) is 0 Å². The molecule has 0 aliphatic rings. The van der Waals surface area contributed by atoms with E-state index in [1.807, 2.05) is 54.0 Å². The second kappa shape index (κ2) is 7.41. The summed E-state index contributed by atoms with van der Waals surface area (Å²) >= 11 is 0. The number of nitrogens with one attached hydrogen (secondary N) is 1. The van der Waals surface area contributed by atoms with Crippen LogP contribution in [0.4, 0.5) is 0 Å². The average Bonchev–Trinajstić information content (AvgIpc) is 3.37. The zero-order valence-corrected chi connectivity index (χ0v) is 15.0. The average molecular weight is 360 g/mol. The van der Waals surface area contributed by atoms with Crippen LogP contribution in [0.5, 0.6) is 0 Å². The summed E-state index contributed by atoms with van der Waals surface area (Å²) in [7, 11) is 0. The van der Waals surface area contributed by atoms with Gasteiger partial charge in [-0.3, -0.25) is 14.0 Å². The van der Waals surface area contributed by atoms with Crippen LogP contribution in [0.15, 0.2) is 67.4 Å². The van der Waals surface area contributed by atoms with Gasteiger partial charge < -0.3 is 5.32 Å². The predicted molar refractivity (Wildman–Crippen MR) is 102 cm³/mol. The maximum absolute atomic E-state index is 12.6. The number of hydrogen-bond acceptors (Lipinski definition) is 4. The lowest BCUT2D eigenvalue weighted by atomic mass is 10.2. The fourth-order valence-electron chi connectivity index (χ4n) is 3.17. The van der Waals surface area contributed by atoms with E-state index < -0.39 is 0 Å². The standard InChI is InChI=1S/C20H20N6O/c1-2-17(26-12-6-11-24-26)20(27)22-13-15-7-5-10-21-19(15)25-14-23-16-8-3-4-9-18(16)25/h3-12,14,17H,2,13H2,1H3,(H,22,27)/t17-/m0/s1. The number of imidazole rings is 1. The number of benzene rings is 1. The van der Waals surface area contributed by atoms with Gasteiger partial charge in [0.05, 0.1) is 11.0 Å². The monoisotopic (exact) mass is 360 g/mol. The number of para-hydroxylation sites is 2. The molecule has 7 heteroatoms. The van der Waals surface area contributed by atoms with Gasteiger partial charge in [0.25, 0.3) is 0 Å². The lowest BCUT2D eigenvalue weighted by Gasteiger charge is -2.16. The van der Waals surface area contributed by atoms with Crippen molar-refractivity contribution in [1.29, 1.82) is 0 Å². The van der Waals surface area contributed by atoms with Crippen LogP contribution in [-0.2, 0) is 11.3 Å². The molecule has 1 aromatic carbocycles. The van der Waals surface area contributed by atoms with Crippen molar-refractivity contribution in [3.8, 4) is 5.82 Å². The summed E-state index contributed by atoms with van der Waals surface area (Å²) in [5.74, 6) is 0.699. The van der Waals surface area contributed by atoms with Gasteiger partial charge in [-0.2, -0.15) is 5.10 Å². The predicted octanol–water partition coefficient (Wildman–Crippen LogP) is 2.88. The van der Waals surface area contributed by atoms with E-state index in [1.165, 1.54) is 0 Å². The van der Waals surface area contributed by atoms with Crippen molar-refractivity contribution in [3.05, 3.63) is 72.9 Å². The van der Waals surface area contributed by atoms with Gasteiger partial charge in [0.15, 0.2) is 0 Å². The first-order chi connectivity index (χ1) is 13.3. The van der Waals surface area contributed by atoms with E-state index in [-0.39, 0.29) is 11.9 Å². The third-order valence-electron chi connectivity index (χ3n) is 4.54. The van der Waals surface area contributed by atoms with E-state index in [0.29, 0.717) is 13.0 Å². The van der Waals surface area contributed by atoms with Crippen molar-refractivity contribution in [1.82, 2.24) is 29.6 Å². The Labute approximate surface area is 156 Å². The van der Waals surface area contributed by atoms with E-state index in [1.54, 1.807) is 29.6 Å². The lowest BCUT2D eigenvalue weighted by Crippen LogP contribution is -2.32. The second-order valence-corrected chi connectivity index (χ2v) is 6.22. The molecule has 0 saturated heterocycles. The van der Waals surface area contributed by atoms with Crippen molar-refractivity contribution >= 4 is 16.9 Å². The molecule has 3 aromatic heterocycles. The number of carbonyl (C=O) groups is 1. The van der Waals surface area contributed by atoms with Crippen LogP contribution in [0.3, 0.4) is 0 Å². The Morgan fingerprint density at radius 1 is 1.11 bits per heavy atom. The minimum absolute atomic E-state index is 0.0634. The summed E-state index contributed by atoms with van der Waals surface area (Å²) in [5.41, 5.74) is 2.80. The molecule has 3 heterocycles. The molecule has 4 aromatic rings. The molecule has 0 bridgehead atoms. The molecular formula is C20H20N6O. The Morgan fingerprint density at radius 2 is 2.00 bits per heavy atom. The summed E-state index contributed by atoms with van der Waals surface area (Å²) in [5, 5.41) is 7.20. The summed E-state index contributed by atoms with van der Waals surface area (Å²) in [6.07, 6.45) is 7.66. The summed E-state index contributed by atoms with van der Waals surface area (Å²) in [4.78, 5) is 21.6. The highest BCUT2D eigenvalue weighted by molar-refractivity contribution is 5.80. The zero-order valence-electron chi connectivity index (χ0n) is 15.0. The van der Waals surface area contributed by atoms with Crippen LogP contribution in [0.2, 0.25) is 0 Å². The topological polar surface area (TPSA) is 77.6 Å². The van der Waals surface area contributed by atoms with Crippen molar-refractivity contribution in [2.24, 2.45) is 0 Å². The largest absolute Gasteiger partial charge is 0.350 e. The molecular weight excluding hydrogens is 340 g/mol. The Kier molecular flexibility index (Phi) is 4.65. The first kappa shape index (κ1) is 17.0. The van der Waals surface area contributed by atoms with Crippen molar-refractivity contribution in [2.45, 2.75) is 25.9 Å². The fraction of sp³-hybridized carbons (Fsp3) is 0.200. The number of rotatable bonds is 6. The Hall–Kier alpha value is -3.48. The Bertz CT molecular complexity index is 1050. The van der Waals surface area contributed by atoms with Crippen molar-refractivity contribution in [2.75, 3.05) is 0 Å². The van der Waals surface area contributed by atoms with Gasteiger partial charge in [0.1, 0.15) is 18.2 Å². The van der Waals surface area contributed by atoms with Crippen LogP contribution >= 0.6 is 0 Å². The molecule has 1 atom stereocenters. The Morgan fingerprint density at radius 3 is 2.81 bits per heavy atom. The molecule has 4 rings (SSSR count). The van der Waals surface area contributed by atoms with Crippen LogP contribution in [0.1, 0.15) is 24.9 Å². The number of carbonyl (C=O) groups excluding carboxylic acids is 1. The molecule has 0 saturated carbocycles. The molecule has 0 spiro atoms. The molecule has 1 amide bonds. The van der Waals surface area contributed by atoms with Crippen LogP contribution in [0.25, 0.3) is 16.9 Å². The third-order valence-corrected chi connectivity index (χ3v) is 4.54. The summed E-state index contributed by atoms with van der Waals surface area (Å²) in [6, 6.07) is 13.2. The number of nitrogens with zero attached hydrogens (tertiary/aromatic N) is 5. The smallest absolute Gasteiger partial charge is 0.245 e.